The smallest absolute Gasteiger partial charge is 0.192 e. The summed E-state index contributed by atoms with van der Waals surface area (Å²) in [5.41, 5.74) is -0.691. The molecule has 1 aromatic heterocycles. The van der Waals surface area contributed by atoms with Gasteiger partial charge in [0, 0.05) is 23.3 Å². The van der Waals surface area contributed by atoms with Gasteiger partial charge in [0.2, 0.25) is 0 Å². The second-order valence-electron chi connectivity index (χ2n) is 7.10. The maximum absolute atomic E-state index is 13.0. The summed E-state index contributed by atoms with van der Waals surface area (Å²) in [7, 11) is 0. The van der Waals surface area contributed by atoms with Gasteiger partial charge in [0.05, 0.1) is 12.0 Å². The van der Waals surface area contributed by atoms with Gasteiger partial charge in [-0.3, -0.25) is 4.79 Å². The van der Waals surface area contributed by atoms with E-state index in [1.54, 1.807) is 30.3 Å². The summed E-state index contributed by atoms with van der Waals surface area (Å²) in [5, 5.41) is 62.7. The molecule has 30 heavy (non-hydrogen) atoms. The molecule has 0 spiro atoms. The van der Waals surface area contributed by atoms with Crippen molar-refractivity contribution in [2.24, 2.45) is 0 Å². The second kappa shape index (κ2) is 7.71. The van der Waals surface area contributed by atoms with Crippen LogP contribution in [0.2, 0.25) is 0 Å². The summed E-state index contributed by atoms with van der Waals surface area (Å²) in [6.07, 6.45) is -8.01. The number of rotatable bonds is 3. The molecule has 9 heteroatoms. The highest BCUT2D eigenvalue weighted by atomic mass is 16.5. The zero-order valence-corrected chi connectivity index (χ0v) is 15.5. The highest BCUT2D eigenvalue weighted by molar-refractivity contribution is 5.87. The van der Waals surface area contributed by atoms with Gasteiger partial charge >= 0.3 is 0 Å². The number of aliphatic hydroxyl groups excluding tert-OH is 4. The number of phenols is 1. The van der Waals surface area contributed by atoms with Crippen LogP contribution in [0, 0.1) is 0 Å². The van der Waals surface area contributed by atoms with Crippen LogP contribution < -0.4 is 10.5 Å². The summed E-state index contributed by atoms with van der Waals surface area (Å²) in [4.78, 5) is 12.7. The van der Waals surface area contributed by atoms with Crippen LogP contribution >= 0.6 is 0 Å². The summed E-state index contributed by atoms with van der Waals surface area (Å²) >= 11 is 0. The van der Waals surface area contributed by atoms with Crippen LogP contribution in [0.15, 0.2) is 51.7 Å². The third-order valence-electron chi connectivity index (χ3n) is 5.23. The lowest BCUT2D eigenvalue weighted by molar-refractivity contribution is -0.274. The molecule has 1 aliphatic heterocycles. The largest absolute Gasteiger partial charge is 0.872 e. The first-order valence-corrected chi connectivity index (χ1v) is 9.20. The van der Waals surface area contributed by atoms with Crippen molar-refractivity contribution in [1.29, 1.82) is 0 Å². The van der Waals surface area contributed by atoms with Gasteiger partial charge in [0.15, 0.2) is 5.43 Å². The lowest BCUT2D eigenvalue weighted by Crippen LogP contribution is -2.55. The zero-order chi connectivity index (χ0) is 21.6. The first-order chi connectivity index (χ1) is 14.3. The molecule has 4 rings (SSSR count). The molecule has 5 N–H and O–H groups in total. The molecule has 1 fully saturated rings. The highest BCUT2D eigenvalue weighted by Gasteiger charge is 2.45. The van der Waals surface area contributed by atoms with E-state index in [1.165, 1.54) is 0 Å². The van der Waals surface area contributed by atoms with Crippen LogP contribution in [-0.4, -0.2) is 56.6 Å². The minimum Gasteiger partial charge on any atom is -0.872 e. The number of benzene rings is 2. The molecule has 2 heterocycles. The van der Waals surface area contributed by atoms with Crippen LogP contribution in [0.3, 0.4) is 0 Å². The molecule has 0 saturated carbocycles. The summed E-state index contributed by atoms with van der Waals surface area (Å²) in [6.45, 7) is -0.702. The zero-order valence-electron chi connectivity index (χ0n) is 15.5. The third kappa shape index (κ3) is 3.22. The average molecular weight is 415 g/mol. The van der Waals surface area contributed by atoms with Gasteiger partial charge in [0.1, 0.15) is 47.6 Å². The van der Waals surface area contributed by atoms with E-state index < -0.39 is 59.6 Å². The standard InChI is InChI=1S/C21H20O9/c22-8-14-17(25)19(27)20(28)21(30-14)16-11(24)7-13-15(18(16)26)10(23)6-12(29-13)9-4-2-1-3-5-9/h1-7,14,17,19-22,24-28H,8H2/p-1/t14-,17-,19+,20-,21+/m1/s1. The van der Waals surface area contributed by atoms with Gasteiger partial charge in [-0.15, -0.1) is 0 Å². The topological polar surface area (TPSA) is 164 Å². The minimum atomic E-state index is -1.78. The van der Waals surface area contributed by atoms with Crippen molar-refractivity contribution in [1.82, 2.24) is 0 Å². The van der Waals surface area contributed by atoms with Crippen molar-refractivity contribution < 1.29 is 39.8 Å². The van der Waals surface area contributed by atoms with Crippen LogP contribution in [0.1, 0.15) is 11.7 Å². The predicted molar refractivity (Wildman–Crippen MR) is 102 cm³/mol. The van der Waals surface area contributed by atoms with Gasteiger partial charge in [-0.25, -0.2) is 0 Å². The monoisotopic (exact) mass is 415 g/mol. The normalized spacial score (nSPS) is 26.7. The van der Waals surface area contributed by atoms with Gasteiger partial charge in [-0.05, 0) is 0 Å². The predicted octanol–water partition coefficient (Wildman–Crippen LogP) is -0.246. The average Bonchev–Trinajstić information content (AvgIpc) is 2.73. The molecule has 0 unspecified atom stereocenters. The van der Waals surface area contributed by atoms with Crippen LogP contribution in [0.25, 0.3) is 22.3 Å². The Morgan fingerprint density at radius 3 is 2.37 bits per heavy atom. The van der Waals surface area contributed by atoms with Crippen molar-refractivity contribution >= 4 is 11.0 Å². The molecule has 0 bridgehead atoms. The van der Waals surface area contributed by atoms with Gasteiger partial charge in [-0.2, -0.15) is 0 Å². The first-order valence-electron chi connectivity index (χ1n) is 9.20. The fraction of sp³-hybridized carbons (Fsp3) is 0.286. The Kier molecular flexibility index (Phi) is 5.22. The molecule has 0 aliphatic carbocycles. The molecule has 1 aliphatic rings. The molecule has 1 saturated heterocycles. The second-order valence-corrected chi connectivity index (χ2v) is 7.10. The molecule has 2 aromatic carbocycles. The number of hydrogen-bond acceptors (Lipinski definition) is 9. The van der Waals surface area contributed by atoms with Gasteiger partial charge in [-0.1, -0.05) is 36.1 Å². The van der Waals surface area contributed by atoms with Gasteiger partial charge < -0.3 is 39.8 Å². The third-order valence-corrected chi connectivity index (χ3v) is 5.23. The molecule has 9 nitrogen and oxygen atoms in total. The van der Waals surface area contributed by atoms with E-state index in [-0.39, 0.29) is 16.7 Å². The fourth-order valence-corrected chi connectivity index (χ4v) is 3.65. The van der Waals surface area contributed by atoms with E-state index in [0.29, 0.717) is 5.56 Å². The summed E-state index contributed by atoms with van der Waals surface area (Å²) < 4.78 is 11.0. The fourth-order valence-electron chi connectivity index (χ4n) is 3.65. The number of phenolic OH excluding ortho intramolecular Hbond substituents is 1. The van der Waals surface area contributed by atoms with Crippen molar-refractivity contribution in [2.45, 2.75) is 30.5 Å². The Balaban J connectivity index is 1.87. The van der Waals surface area contributed by atoms with Crippen molar-refractivity contribution in [3.8, 4) is 22.8 Å². The maximum atomic E-state index is 13.0. The number of aromatic hydroxyl groups is 1. The molecule has 158 valence electrons. The number of fused-ring (bicyclic) bond motifs is 1. The molecule has 0 radical (unpaired) electrons. The molecular weight excluding hydrogens is 396 g/mol. The molecule has 3 aromatic rings. The van der Waals surface area contributed by atoms with E-state index >= 15 is 0 Å². The Hall–Kier alpha value is -2.95. The van der Waals surface area contributed by atoms with Crippen molar-refractivity contribution in [3.05, 3.63) is 58.3 Å². The number of hydrogen-bond donors (Lipinski definition) is 5. The van der Waals surface area contributed by atoms with E-state index in [1.807, 2.05) is 0 Å². The van der Waals surface area contributed by atoms with E-state index in [9.17, 15) is 35.4 Å². The maximum Gasteiger partial charge on any atom is 0.192 e. The van der Waals surface area contributed by atoms with Crippen LogP contribution in [0.5, 0.6) is 11.5 Å². The van der Waals surface area contributed by atoms with Crippen LogP contribution in [0.4, 0.5) is 0 Å². The molecule has 0 amide bonds. The lowest BCUT2D eigenvalue weighted by Gasteiger charge is -2.41. The Morgan fingerprint density at radius 1 is 1.00 bits per heavy atom. The quantitative estimate of drug-likeness (QED) is 0.388. The van der Waals surface area contributed by atoms with Crippen LogP contribution in [-0.2, 0) is 4.74 Å². The van der Waals surface area contributed by atoms with E-state index in [0.717, 1.165) is 12.1 Å². The van der Waals surface area contributed by atoms with Gasteiger partial charge in [0.25, 0.3) is 0 Å². The molecular formula is C21H19O9-. The van der Waals surface area contributed by atoms with E-state index in [2.05, 4.69) is 0 Å². The van der Waals surface area contributed by atoms with Crippen molar-refractivity contribution in [2.75, 3.05) is 6.61 Å². The SMILES string of the molecule is O=c1cc(-c2ccccc2)oc2cc(O)c([C@@H]3O[C@H](CO)[C@@H](O)[C@H](O)[C@H]3O)c([O-])c12. The lowest BCUT2D eigenvalue weighted by atomic mass is 9.89. The number of aliphatic hydroxyl groups is 4. The van der Waals surface area contributed by atoms with E-state index in [4.69, 9.17) is 9.15 Å². The number of ether oxygens (including phenoxy) is 1. The highest BCUT2D eigenvalue weighted by Crippen LogP contribution is 2.43. The minimum absolute atomic E-state index is 0.155. The molecule has 5 atom stereocenters. The summed E-state index contributed by atoms with van der Waals surface area (Å²) in [6, 6.07) is 10.9. The van der Waals surface area contributed by atoms with Crippen molar-refractivity contribution in [3.63, 3.8) is 0 Å². The Morgan fingerprint density at radius 2 is 1.70 bits per heavy atom. The Bertz CT molecular complexity index is 1120. The summed E-state index contributed by atoms with van der Waals surface area (Å²) in [5.74, 6) is -1.36. The first kappa shape index (κ1) is 20.3. The Labute approximate surface area is 169 Å².